The number of carbonyl (C=O) groups is 1. The van der Waals surface area contributed by atoms with Crippen molar-refractivity contribution in [3.8, 4) is 17.2 Å². The molecule has 28 heavy (non-hydrogen) atoms. The number of hydrogen-bond acceptors (Lipinski definition) is 4. The van der Waals surface area contributed by atoms with Gasteiger partial charge in [-0.05, 0) is 48.5 Å². The van der Waals surface area contributed by atoms with Gasteiger partial charge in [0.25, 0.3) is 0 Å². The summed E-state index contributed by atoms with van der Waals surface area (Å²) in [7, 11) is 0. The number of aromatic nitrogens is 1. The Bertz CT molecular complexity index is 1230. The molecule has 4 rings (SSSR count). The summed E-state index contributed by atoms with van der Waals surface area (Å²) in [5.74, 6) is -1.55. The molecule has 0 aliphatic rings. The standard InChI is InChI=1S/C19H9ClF3NO4/c20-10-1-4-16-9(5-10)6-17(27-16)15-8-13(18(25)26)12-7-11(28-19(21,22)23)2-3-14(12)24-15/h1-8H,(H,25,26). The number of fused-ring (bicyclic) bond motifs is 2. The number of alkyl halides is 3. The lowest BCUT2D eigenvalue weighted by Gasteiger charge is -2.11. The molecule has 0 bridgehead atoms. The fourth-order valence-corrected chi connectivity index (χ4v) is 3.03. The van der Waals surface area contributed by atoms with Gasteiger partial charge in [-0.15, -0.1) is 13.2 Å². The maximum atomic E-state index is 12.4. The average molecular weight is 408 g/mol. The number of carboxylic acid groups (broad SMARTS) is 1. The molecule has 5 nitrogen and oxygen atoms in total. The molecule has 0 aliphatic heterocycles. The Labute approximate surface area is 159 Å². The Morgan fingerprint density at radius 2 is 1.89 bits per heavy atom. The quantitative estimate of drug-likeness (QED) is 0.458. The normalized spacial score (nSPS) is 11.9. The molecule has 0 saturated carbocycles. The van der Waals surface area contributed by atoms with Crippen molar-refractivity contribution >= 4 is 39.4 Å². The van der Waals surface area contributed by atoms with Crippen LogP contribution in [0.3, 0.4) is 0 Å². The number of carboxylic acids is 1. The lowest BCUT2D eigenvalue weighted by Crippen LogP contribution is -2.17. The van der Waals surface area contributed by atoms with Gasteiger partial charge in [0.05, 0.1) is 11.1 Å². The van der Waals surface area contributed by atoms with Crippen LogP contribution in [0.2, 0.25) is 5.02 Å². The van der Waals surface area contributed by atoms with Crippen LogP contribution in [0, 0.1) is 0 Å². The van der Waals surface area contributed by atoms with Crippen molar-refractivity contribution in [1.82, 2.24) is 4.98 Å². The Hall–Kier alpha value is -3.26. The van der Waals surface area contributed by atoms with Gasteiger partial charge < -0.3 is 14.3 Å². The lowest BCUT2D eigenvalue weighted by molar-refractivity contribution is -0.274. The molecule has 0 aliphatic carbocycles. The summed E-state index contributed by atoms with van der Waals surface area (Å²) in [6.45, 7) is 0. The van der Waals surface area contributed by atoms with Crippen LogP contribution in [0.15, 0.2) is 52.9 Å². The zero-order valence-electron chi connectivity index (χ0n) is 13.7. The van der Waals surface area contributed by atoms with Gasteiger partial charge >= 0.3 is 12.3 Å². The first-order valence-corrected chi connectivity index (χ1v) is 8.21. The topological polar surface area (TPSA) is 72.6 Å². The van der Waals surface area contributed by atoms with Gasteiger partial charge in [0.1, 0.15) is 17.0 Å². The van der Waals surface area contributed by atoms with Crippen LogP contribution >= 0.6 is 11.6 Å². The van der Waals surface area contributed by atoms with Gasteiger partial charge in [0.15, 0.2) is 5.76 Å². The molecule has 0 fully saturated rings. The molecule has 0 saturated heterocycles. The molecule has 2 heterocycles. The molecule has 0 unspecified atom stereocenters. The predicted molar refractivity (Wildman–Crippen MR) is 95.6 cm³/mol. The van der Waals surface area contributed by atoms with E-state index in [1.54, 1.807) is 24.3 Å². The smallest absolute Gasteiger partial charge is 0.478 e. The van der Waals surface area contributed by atoms with Crippen molar-refractivity contribution in [2.24, 2.45) is 0 Å². The summed E-state index contributed by atoms with van der Waals surface area (Å²) >= 11 is 5.95. The minimum Gasteiger partial charge on any atom is -0.478 e. The molecule has 0 spiro atoms. The fraction of sp³-hybridized carbons (Fsp3) is 0.0526. The van der Waals surface area contributed by atoms with Crippen molar-refractivity contribution < 1.29 is 32.2 Å². The highest BCUT2D eigenvalue weighted by molar-refractivity contribution is 6.31. The summed E-state index contributed by atoms with van der Waals surface area (Å²) < 4.78 is 46.9. The average Bonchev–Trinajstić information content (AvgIpc) is 3.02. The zero-order valence-corrected chi connectivity index (χ0v) is 14.5. The third-order valence-electron chi connectivity index (χ3n) is 3.97. The first-order chi connectivity index (χ1) is 13.2. The Morgan fingerprint density at radius 1 is 1.11 bits per heavy atom. The Kier molecular flexibility index (Phi) is 4.15. The molecule has 0 radical (unpaired) electrons. The van der Waals surface area contributed by atoms with E-state index in [0.717, 1.165) is 12.1 Å². The molecule has 2 aromatic heterocycles. The van der Waals surface area contributed by atoms with Crippen LogP contribution in [-0.4, -0.2) is 22.4 Å². The largest absolute Gasteiger partial charge is 0.573 e. The number of hydrogen-bond donors (Lipinski definition) is 1. The summed E-state index contributed by atoms with van der Waals surface area (Å²) in [6.07, 6.45) is -4.89. The van der Waals surface area contributed by atoms with Crippen molar-refractivity contribution in [2.45, 2.75) is 6.36 Å². The molecule has 4 aromatic rings. The minimum absolute atomic E-state index is 0.0113. The first kappa shape index (κ1) is 18.1. The second kappa shape index (κ2) is 6.42. The molecule has 2 aromatic carbocycles. The third kappa shape index (κ3) is 3.46. The second-order valence-corrected chi connectivity index (χ2v) is 6.32. The predicted octanol–water partition coefficient (Wildman–Crippen LogP) is 5.90. The van der Waals surface area contributed by atoms with Crippen molar-refractivity contribution in [1.29, 1.82) is 0 Å². The lowest BCUT2D eigenvalue weighted by atomic mass is 10.1. The maximum absolute atomic E-state index is 12.4. The number of nitrogens with zero attached hydrogens (tertiary/aromatic N) is 1. The van der Waals surface area contributed by atoms with Crippen LogP contribution < -0.4 is 4.74 Å². The van der Waals surface area contributed by atoms with Gasteiger partial charge in [-0.3, -0.25) is 0 Å². The molecule has 0 atom stereocenters. The van der Waals surface area contributed by atoms with Crippen molar-refractivity contribution in [3.05, 3.63) is 59.1 Å². The first-order valence-electron chi connectivity index (χ1n) is 7.83. The molecular weight excluding hydrogens is 399 g/mol. The van der Waals surface area contributed by atoms with Crippen molar-refractivity contribution in [3.63, 3.8) is 0 Å². The zero-order chi connectivity index (χ0) is 20.1. The number of benzene rings is 2. The van der Waals surface area contributed by atoms with Gasteiger partial charge in [0, 0.05) is 15.8 Å². The highest BCUT2D eigenvalue weighted by atomic mass is 35.5. The van der Waals surface area contributed by atoms with E-state index in [-0.39, 0.29) is 22.2 Å². The number of rotatable bonds is 3. The highest BCUT2D eigenvalue weighted by Gasteiger charge is 2.31. The minimum atomic E-state index is -4.89. The van der Waals surface area contributed by atoms with E-state index in [9.17, 15) is 23.1 Å². The van der Waals surface area contributed by atoms with E-state index in [4.69, 9.17) is 16.0 Å². The second-order valence-electron chi connectivity index (χ2n) is 5.88. The van der Waals surface area contributed by atoms with E-state index >= 15 is 0 Å². The van der Waals surface area contributed by atoms with E-state index < -0.39 is 18.1 Å². The Morgan fingerprint density at radius 3 is 2.61 bits per heavy atom. The summed E-state index contributed by atoms with van der Waals surface area (Å²) in [5, 5.41) is 10.7. The fourth-order valence-electron chi connectivity index (χ4n) is 2.85. The van der Waals surface area contributed by atoms with E-state index in [1.165, 1.54) is 12.1 Å². The van der Waals surface area contributed by atoms with Crippen LogP contribution in [0.1, 0.15) is 10.4 Å². The number of pyridine rings is 1. The van der Waals surface area contributed by atoms with Gasteiger partial charge in [-0.25, -0.2) is 9.78 Å². The maximum Gasteiger partial charge on any atom is 0.573 e. The SMILES string of the molecule is O=C(O)c1cc(-c2cc3cc(Cl)ccc3o2)nc2ccc(OC(F)(F)F)cc12. The van der Waals surface area contributed by atoms with Crippen LogP contribution in [0.5, 0.6) is 5.75 Å². The monoisotopic (exact) mass is 407 g/mol. The van der Waals surface area contributed by atoms with Crippen molar-refractivity contribution in [2.75, 3.05) is 0 Å². The molecule has 142 valence electrons. The Balaban J connectivity index is 1.87. The third-order valence-corrected chi connectivity index (χ3v) is 4.21. The van der Waals surface area contributed by atoms with Crippen LogP contribution in [0.25, 0.3) is 33.3 Å². The van der Waals surface area contributed by atoms with Gasteiger partial charge in [-0.1, -0.05) is 11.6 Å². The number of halogens is 4. The molecule has 9 heteroatoms. The summed E-state index contributed by atoms with van der Waals surface area (Å²) in [4.78, 5) is 16.0. The summed E-state index contributed by atoms with van der Waals surface area (Å²) in [5.41, 5.74) is 0.711. The number of aromatic carboxylic acids is 1. The highest BCUT2D eigenvalue weighted by Crippen LogP contribution is 2.33. The summed E-state index contributed by atoms with van der Waals surface area (Å²) in [6, 6.07) is 11.2. The van der Waals surface area contributed by atoms with Crippen LogP contribution in [-0.2, 0) is 0 Å². The molecule has 1 N–H and O–H groups in total. The van der Waals surface area contributed by atoms with E-state index in [0.29, 0.717) is 21.8 Å². The van der Waals surface area contributed by atoms with Gasteiger partial charge in [0.2, 0.25) is 0 Å². The van der Waals surface area contributed by atoms with Gasteiger partial charge in [-0.2, -0.15) is 0 Å². The number of furan rings is 1. The molecule has 0 amide bonds. The van der Waals surface area contributed by atoms with E-state index in [1.807, 2.05) is 0 Å². The van der Waals surface area contributed by atoms with Crippen LogP contribution in [0.4, 0.5) is 13.2 Å². The molecular formula is C19H9ClF3NO4. The number of ether oxygens (including phenoxy) is 1. The van der Waals surface area contributed by atoms with E-state index in [2.05, 4.69) is 9.72 Å².